The molecule has 96 valence electrons. The van der Waals surface area contributed by atoms with Crippen LogP contribution in [0, 0.1) is 5.92 Å². The highest BCUT2D eigenvalue weighted by molar-refractivity contribution is 5.96. The van der Waals surface area contributed by atoms with Crippen LogP contribution in [0.3, 0.4) is 0 Å². The molecule has 0 saturated carbocycles. The van der Waals surface area contributed by atoms with Crippen LogP contribution in [0.25, 0.3) is 0 Å². The van der Waals surface area contributed by atoms with E-state index in [1.807, 2.05) is 0 Å². The Hall–Kier alpha value is -1.79. The van der Waals surface area contributed by atoms with Gasteiger partial charge >= 0.3 is 18.0 Å². The molecule has 0 bridgehead atoms. The largest absolute Gasteiger partial charge is 0.465 e. The van der Waals surface area contributed by atoms with Crippen molar-refractivity contribution in [3.05, 3.63) is 0 Å². The number of carbonyl (C=O) groups is 3. The van der Waals surface area contributed by atoms with E-state index in [4.69, 9.17) is 14.6 Å². The Bertz CT molecular complexity index is 318. The summed E-state index contributed by atoms with van der Waals surface area (Å²) in [7, 11) is 0. The van der Waals surface area contributed by atoms with Crippen molar-refractivity contribution in [1.29, 1.82) is 0 Å². The van der Waals surface area contributed by atoms with Crippen molar-refractivity contribution >= 4 is 18.0 Å². The maximum absolute atomic E-state index is 11.5. The first kappa shape index (κ1) is 13.3. The molecule has 0 spiro atoms. The lowest BCUT2D eigenvalue weighted by atomic mass is 10.0. The molecule has 17 heavy (non-hydrogen) atoms. The van der Waals surface area contributed by atoms with E-state index >= 15 is 0 Å². The van der Waals surface area contributed by atoms with Crippen LogP contribution in [0.15, 0.2) is 0 Å². The normalized spacial score (nSPS) is 19.4. The number of rotatable bonds is 4. The summed E-state index contributed by atoms with van der Waals surface area (Å²) in [5.41, 5.74) is 0. The zero-order chi connectivity index (χ0) is 13.1. The maximum atomic E-state index is 11.5. The van der Waals surface area contributed by atoms with E-state index < -0.39 is 29.7 Å². The van der Waals surface area contributed by atoms with Gasteiger partial charge in [0.25, 0.3) is 5.79 Å². The van der Waals surface area contributed by atoms with Crippen LogP contribution in [-0.2, 0) is 19.1 Å². The molecule has 1 heterocycles. The van der Waals surface area contributed by atoms with Gasteiger partial charge in [-0.3, -0.25) is 9.59 Å². The lowest BCUT2D eigenvalue weighted by Gasteiger charge is -2.32. The fourth-order valence-electron chi connectivity index (χ4n) is 1.48. The summed E-state index contributed by atoms with van der Waals surface area (Å²) in [6.07, 6.45) is -0.574. The Kier molecular flexibility index (Phi) is 3.93. The number of carboxylic acid groups (broad SMARTS) is 1. The third kappa shape index (κ3) is 3.93. The second kappa shape index (κ2) is 5.03. The van der Waals surface area contributed by atoms with Crippen molar-refractivity contribution in [2.75, 3.05) is 6.54 Å². The molecule has 0 aliphatic carbocycles. The standard InChI is InChI=1S/C10H15NO6/c1-10(2)16-7(12)6(8(13)17-10)4-3-5-11-9(14)15/h6,11H,3-5H2,1-2H3,(H,14,15). The number of nitrogens with one attached hydrogen (secondary N) is 1. The van der Waals surface area contributed by atoms with Crippen LogP contribution < -0.4 is 5.32 Å². The average molecular weight is 245 g/mol. The lowest BCUT2D eigenvalue weighted by Crippen LogP contribution is -2.46. The Balaban J connectivity index is 2.41. The number of esters is 2. The predicted octanol–water partition coefficient (Wildman–Crippen LogP) is 0.486. The van der Waals surface area contributed by atoms with Crippen molar-refractivity contribution in [3.8, 4) is 0 Å². The van der Waals surface area contributed by atoms with E-state index in [9.17, 15) is 14.4 Å². The number of carbonyl (C=O) groups excluding carboxylic acids is 2. The molecule has 2 N–H and O–H groups in total. The van der Waals surface area contributed by atoms with Gasteiger partial charge in [-0.1, -0.05) is 0 Å². The van der Waals surface area contributed by atoms with Crippen molar-refractivity contribution in [3.63, 3.8) is 0 Å². The second-order valence-corrected chi connectivity index (χ2v) is 4.17. The van der Waals surface area contributed by atoms with Crippen molar-refractivity contribution < 1.29 is 29.0 Å². The van der Waals surface area contributed by atoms with Gasteiger partial charge in [0.15, 0.2) is 5.92 Å². The van der Waals surface area contributed by atoms with Gasteiger partial charge in [0.05, 0.1) is 0 Å². The smallest absolute Gasteiger partial charge is 0.404 e. The molecule has 0 aromatic heterocycles. The van der Waals surface area contributed by atoms with Gasteiger partial charge in [0.2, 0.25) is 0 Å². The van der Waals surface area contributed by atoms with Gasteiger partial charge in [0.1, 0.15) is 0 Å². The van der Waals surface area contributed by atoms with Gasteiger partial charge in [0, 0.05) is 20.4 Å². The minimum Gasteiger partial charge on any atom is -0.465 e. The summed E-state index contributed by atoms with van der Waals surface area (Å²) in [5, 5.41) is 10.5. The number of amides is 1. The molecule has 0 aromatic rings. The van der Waals surface area contributed by atoms with Gasteiger partial charge in [-0.15, -0.1) is 0 Å². The summed E-state index contributed by atoms with van der Waals surface area (Å²) in [6.45, 7) is 3.13. The van der Waals surface area contributed by atoms with Crippen molar-refractivity contribution in [2.45, 2.75) is 32.5 Å². The van der Waals surface area contributed by atoms with E-state index in [-0.39, 0.29) is 13.0 Å². The highest BCUT2D eigenvalue weighted by Crippen LogP contribution is 2.25. The van der Waals surface area contributed by atoms with E-state index in [1.165, 1.54) is 13.8 Å². The van der Waals surface area contributed by atoms with Crippen LogP contribution in [0.2, 0.25) is 0 Å². The lowest BCUT2D eigenvalue weighted by molar-refractivity contribution is -0.240. The van der Waals surface area contributed by atoms with Crippen molar-refractivity contribution in [2.24, 2.45) is 5.92 Å². The molecule has 1 rings (SSSR count). The topological polar surface area (TPSA) is 102 Å². The molecule has 0 unspecified atom stereocenters. The summed E-state index contributed by atoms with van der Waals surface area (Å²) >= 11 is 0. The SMILES string of the molecule is CC1(C)OC(=O)C(CCCNC(=O)O)C(=O)O1. The van der Waals surface area contributed by atoms with Gasteiger partial charge in [-0.25, -0.2) is 4.79 Å². The first-order chi connectivity index (χ1) is 7.82. The Morgan fingerprint density at radius 3 is 2.35 bits per heavy atom. The first-order valence-corrected chi connectivity index (χ1v) is 5.24. The zero-order valence-corrected chi connectivity index (χ0v) is 9.69. The molecule has 0 aromatic carbocycles. The Morgan fingerprint density at radius 1 is 1.35 bits per heavy atom. The molecule has 1 aliphatic rings. The summed E-state index contributed by atoms with van der Waals surface area (Å²) in [6, 6.07) is 0. The molecule has 1 fully saturated rings. The zero-order valence-electron chi connectivity index (χ0n) is 9.69. The third-order valence-corrected chi connectivity index (χ3v) is 2.21. The van der Waals surface area contributed by atoms with E-state index in [0.29, 0.717) is 6.42 Å². The summed E-state index contributed by atoms with van der Waals surface area (Å²) in [4.78, 5) is 33.1. The maximum Gasteiger partial charge on any atom is 0.404 e. The molecule has 0 radical (unpaired) electrons. The van der Waals surface area contributed by atoms with Crippen LogP contribution in [0.1, 0.15) is 26.7 Å². The van der Waals surface area contributed by atoms with Gasteiger partial charge < -0.3 is 19.9 Å². The number of hydrogen-bond acceptors (Lipinski definition) is 5. The summed E-state index contributed by atoms with van der Waals surface area (Å²) in [5.74, 6) is -3.42. The molecular formula is C10H15NO6. The minimum atomic E-state index is -1.22. The molecule has 1 aliphatic heterocycles. The molecular weight excluding hydrogens is 230 g/mol. The second-order valence-electron chi connectivity index (χ2n) is 4.17. The summed E-state index contributed by atoms with van der Waals surface area (Å²) < 4.78 is 9.83. The van der Waals surface area contributed by atoms with Crippen LogP contribution in [0.4, 0.5) is 4.79 Å². The fourth-order valence-corrected chi connectivity index (χ4v) is 1.48. The van der Waals surface area contributed by atoms with Gasteiger partial charge in [-0.2, -0.15) is 0 Å². The molecule has 1 amide bonds. The number of ether oxygens (including phenoxy) is 2. The highest BCUT2D eigenvalue weighted by Gasteiger charge is 2.42. The highest BCUT2D eigenvalue weighted by atomic mass is 16.7. The van der Waals surface area contributed by atoms with Gasteiger partial charge in [-0.05, 0) is 12.8 Å². The van der Waals surface area contributed by atoms with Crippen LogP contribution >= 0.6 is 0 Å². The van der Waals surface area contributed by atoms with E-state index in [0.717, 1.165) is 0 Å². The molecule has 0 atom stereocenters. The predicted molar refractivity (Wildman–Crippen MR) is 55.0 cm³/mol. The third-order valence-electron chi connectivity index (χ3n) is 2.21. The van der Waals surface area contributed by atoms with Crippen LogP contribution in [0.5, 0.6) is 0 Å². The average Bonchev–Trinajstić information content (AvgIpc) is 2.12. The Labute approximate surface area is 98.1 Å². The van der Waals surface area contributed by atoms with Crippen molar-refractivity contribution in [1.82, 2.24) is 5.32 Å². The molecule has 7 nitrogen and oxygen atoms in total. The monoisotopic (exact) mass is 245 g/mol. The van der Waals surface area contributed by atoms with E-state index in [2.05, 4.69) is 5.32 Å². The number of cyclic esters (lactones) is 2. The van der Waals surface area contributed by atoms with E-state index in [1.54, 1.807) is 0 Å². The minimum absolute atomic E-state index is 0.176. The molecule has 1 saturated heterocycles. The molecule has 7 heteroatoms. The first-order valence-electron chi connectivity index (χ1n) is 5.24. The Morgan fingerprint density at radius 2 is 1.88 bits per heavy atom. The number of hydrogen-bond donors (Lipinski definition) is 2. The quantitative estimate of drug-likeness (QED) is 0.424. The fraction of sp³-hybridized carbons (Fsp3) is 0.700. The van der Waals surface area contributed by atoms with Crippen LogP contribution in [-0.4, -0.2) is 35.5 Å².